The molecule has 1 aliphatic rings. The van der Waals surface area contributed by atoms with E-state index < -0.39 is 5.60 Å². The summed E-state index contributed by atoms with van der Waals surface area (Å²) in [7, 11) is 1.77. The molecule has 0 aromatic carbocycles. The predicted molar refractivity (Wildman–Crippen MR) is 80.3 cm³/mol. The molecule has 0 saturated carbocycles. The average molecular weight is 315 g/mol. The fraction of sp³-hybridized carbons (Fsp3) is 0.308. The van der Waals surface area contributed by atoms with Gasteiger partial charge in [-0.05, 0) is 6.07 Å². The number of rotatable bonds is 3. The van der Waals surface area contributed by atoms with Gasteiger partial charge in [0.1, 0.15) is 11.4 Å². The summed E-state index contributed by atoms with van der Waals surface area (Å²) in [5, 5.41) is 21.0. The number of β-amino-alcohol motifs (C(OH)–C–C–N with tert-alkyl or cyclic N) is 1. The summed E-state index contributed by atoms with van der Waals surface area (Å²) in [5.41, 5.74) is -0.233. The van der Waals surface area contributed by atoms with Gasteiger partial charge in [-0.2, -0.15) is 0 Å². The van der Waals surface area contributed by atoms with Crippen LogP contribution in [-0.2, 0) is 12.6 Å². The van der Waals surface area contributed by atoms with E-state index in [0.29, 0.717) is 24.6 Å². The predicted octanol–water partition coefficient (Wildman–Crippen LogP) is 0.436. The monoisotopic (exact) mass is 315 g/mol. The maximum absolute atomic E-state index is 10.6. The molecule has 0 atom stereocenters. The van der Waals surface area contributed by atoms with E-state index in [2.05, 4.69) is 25.3 Å². The average Bonchev–Trinajstić information content (AvgIpc) is 3.15. The first-order valence-corrected chi connectivity index (χ1v) is 7.59. The Morgan fingerprint density at radius 2 is 2.14 bits per heavy atom. The van der Waals surface area contributed by atoms with Crippen LogP contribution in [0.5, 0.6) is 0 Å². The fourth-order valence-corrected chi connectivity index (χ4v) is 3.16. The van der Waals surface area contributed by atoms with Crippen molar-refractivity contribution in [3.63, 3.8) is 0 Å². The van der Waals surface area contributed by atoms with Crippen molar-refractivity contribution in [2.75, 3.05) is 18.0 Å². The van der Waals surface area contributed by atoms with Crippen molar-refractivity contribution < 1.29 is 5.11 Å². The van der Waals surface area contributed by atoms with Crippen LogP contribution in [0.3, 0.4) is 0 Å². The van der Waals surface area contributed by atoms with Crippen LogP contribution >= 0.6 is 11.3 Å². The molecule has 8 nitrogen and oxygen atoms in total. The lowest BCUT2D eigenvalue weighted by molar-refractivity contribution is -0.000498. The van der Waals surface area contributed by atoms with Gasteiger partial charge >= 0.3 is 0 Å². The topological polar surface area (TPSA) is 92.8 Å². The SMILES string of the molecule is Cn1nncc1C1(O)CN(c2ccnc(-c3nccs3)n2)C1. The molecule has 9 heteroatoms. The molecule has 112 valence electrons. The van der Waals surface area contributed by atoms with Crippen LogP contribution in [0.2, 0.25) is 0 Å². The molecule has 0 unspecified atom stereocenters. The molecule has 1 saturated heterocycles. The van der Waals surface area contributed by atoms with E-state index in [9.17, 15) is 5.11 Å². The van der Waals surface area contributed by atoms with Crippen molar-refractivity contribution in [2.24, 2.45) is 7.05 Å². The molecule has 0 radical (unpaired) electrons. The quantitative estimate of drug-likeness (QED) is 0.749. The largest absolute Gasteiger partial charge is 0.380 e. The summed E-state index contributed by atoms with van der Waals surface area (Å²) in [6.45, 7) is 0.894. The number of anilines is 1. The first-order chi connectivity index (χ1) is 10.7. The van der Waals surface area contributed by atoms with E-state index in [-0.39, 0.29) is 0 Å². The molecule has 4 rings (SSSR count). The number of aryl methyl sites for hydroxylation is 1. The third-order valence-corrected chi connectivity index (χ3v) is 4.45. The first kappa shape index (κ1) is 13.3. The Morgan fingerprint density at radius 1 is 1.27 bits per heavy atom. The summed E-state index contributed by atoms with van der Waals surface area (Å²) in [4.78, 5) is 15.0. The fourth-order valence-electron chi connectivity index (χ4n) is 2.58. The van der Waals surface area contributed by atoms with Gasteiger partial charge in [-0.25, -0.2) is 19.6 Å². The Kier molecular flexibility index (Phi) is 2.91. The zero-order valence-electron chi connectivity index (χ0n) is 11.8. The van der Waals surface area contributed by atoms with Gasteiger partial charge in [0.2, 0.25) is 0 Å². The van der Waals surface area contributed by atoms with Gasteiger partial charge < -0.3 is 10.0 Å². The minimum atomic E-state index is -0.940. The van der Waals surface area contributed by atoms with Crippen LogP contribution in [-0.4, -0.2) is 48.1 Å². The number of nitrogens with zero attached hydrogens (tertiary/aromatic N) is 7. The number of thiazole rings is 1. The molecular weight excluding hydrogens is 302 g/mol. The molecule has 3 aromatic rings. The Balaban J connectivity index is 1.56. The molecule has 0 amide bonds. The molecule has 4 heterocycles. The van der Waals surface area contributed by atoms with E-state index in [1.165, 1.54) is 11.3 Å². The van der Waals surface area contributed by atoms with Gasteiger partial charge in [-0.1, -0.05) is 5.21 Å². The molecule has 3 aromatic heterocycles. The van der Waals surface area contributed by atoms with Gasteiger partial charge in [0.25, 0.3) is 0 Å². The van der Waals surface area contributed by atoms with Crippen molar-refractivity contribution in [1.29, 1.82) is 0 Å². The highest BCUT2D eigenvalue weighted by molar-refractivity contribution is 7.12. The van der Waals surface area contributed by atoms with E-state index in [0.717, 1.165) is 10.8 Å². The lowest BCUT2D eigenvalue weighted by atomic mass is 9.91. The summed E-state index contributed by atoms with van der Waals surface area (Å²) in [6, 6.07) is 1.83. The van der Waals surface area contributed by atoms with Gasteiger partial charge in [0.05, 0.1) is 25.0 Å². The van der Waals surface area contributed by atoms with Gasteiger partial charge in [-0.15, -0.1) is 16.4 Å². The minimum Gasteiger partial charge on any atom is -0.380 e. The number of aliphatic hydroxyl groups is 1. The molecular formula is C13H13N7OS. The molecule has 1 N–H and O–H groups in total. The van der Waals surface area contributed by atoms with Crippen molar-refractivity contribution in [1.82, 2.24) is 29.9 Å². The van der Waals surface area contributed by atoms with Gasteiger partial charge in [0, 0.05) is 24.8 Å². The number of aromatic nitrogens is 6. The molecule has 0 spiro atoms. The van der Waals surface area contributed by atoms with Crippen LogP contribution in [0, 0.1) is 0 Å². The third kappa shape index (κ3) is 2.06. The number of hydrogen-bond acceptors (Lipinski definition) is 8. The molecule has 0 aliphatic carbocycles. The van der Waals surface area contributed by atoms with Gasteiger partial charge in [-0.3, -0.25) is 0 Å². The Hall–Kier alpha value is -2.39. The summed E-state index contributed by atoms with van der Waals surface area (Å²) < 4.78 is 1.60. The zero-order valence-corrected chi connectivity index (χ0v) is 12.6. The van der Waals surface area contributed by atoms with Crippen LogP contribution in [0.25, 0.3) is 10.8 Å². The number of hydrogen-bond donors (Lipinski definition) is 1. The van der Waals surface area contributed by atoms with Crippen molar-refractivity contribution in [2.45, 2.75) is 5.60 Å². The van der Waals surface area contributed by atoms with Crippen LogP contribution in [0.1, 0.15) is 5.69 Å². The molecule has 1 fully saturated rings. The second-order valence-electron chi connectivity index (χ2n) is 5.21. The first-order valence-electron chi connectivity index (χ1n) is 6.71. The normalized spacial score (nSPS) is 16.5. The molecule has 22 heavy (non-hydrogen) atoms. The zero-order chi connectivity index (χ0) is 15.2. The highest BCUT2D eigenvalue weighted by atomic mass is 32.1. The molecule has 1 aliphatic heterocycles. The van der Waals surface area contributed by atoms with Crippen LogP contribution < -0.4 is 4.90 Å². The van der Waals surface area contributed by atoms with Gasteiger partial charge in [0.15, 0.2) is 10.8 Å². The Labute approximate surface area is 130 Å². The maximum Gasteiger partial charge on any atom is 0.190 e. The molecule has 0 bridgehead atoms. The second-order valence-corrected chi connectivity index (χ2v) is 6.10. The van der Waals surface area contributed by atoms with Crippen LogP contribution in [0.4, 0.5) is 5.82 Å². The van der Waals surface area contributed by atoms with E-state index >= 15 is 0 Å². The summed E-state index contributed by atoms with van der Waals surface area (Å²) in [6.07, 6.45) is 5.04. The lowest BCUT2D eigenvalue weighted by Crippen LogP contribution is -2.60. The Morgan fingerprint density at radius 3 is 2.82 bits per heavy atom. The highest BCUT2D eigenvalue weighted by Crippen LogP contribution is 2.34. The summed E-state index contributed by atoms with van der Waals surface area (Å²) in [5.74, 6) is 1.38. The van der Waals surface area contributed by atoms with E-state index in [1.54, 1.807) is 30.3 Å². The third-order valence-electron chi connectivity index (χ3n) is 3.68. The van der Waals surface area contributed by atoms with Crippen molar-refractivity contribution in [3.8, 4) is 10.8 Å². The Bertz CT molecular complexity index is 794. The second kappa shape index (κ2) is 4.82. The smallest absolute Gasteiger partial charge is 0.190 e. The van der Waals surface area contributed by atoms with Crippen molar-refractivity contribution >= 4 is 17.2 Å². The highest BCUT2D eigenvalue weighted by Gasteiger charge is 2.45. The van der Waals surface area contributed by atoms with E-state index in [1.807, 2.05) is 16.3 Å². The van der Waals surface area contributed by atoms with Crippen LogP contribution in [0.15, 0.2) is 30.0 Å². The summed E-state index contributed by atoms with van der Waals surface area (Å²) >= 11 is 1.50. The standard InChI is InChI=1S/C13H13N7OS/c1-19-9(6-16-18-19)13(21)7-20(8-13)10-2-3-14-11(17-10)12-15-4-5-22-12/h2-6,21H,7-8H2,1H3. The van der Waals surface area contributed by atoms with E-state index in [4.69, 9.17) is 0 Å². The maximum atomic E-state index is 10.6. The van der Waals surface area contributed by atoms with Crippen molar-refractivity contribution in [3.05, 3.63) is 35.7 Å². The minimum absolute atomic E-state index is 0.447. The lowest BCUT2D eigenvalue weighted by Gasteiger charge is -2.46.